The number of carbonyl (C=O) groups excluding carboxylic acids is 3. The number of anilines is 1. The van der Waals surface area contributed by atoms with Crippen LogP contribution in [0.2, 0.25) is 0 Å². The molecular formula is C40H49F3N8O4. The Morgan fingerprint density at radius 3 is 2.45 bits per heavy atom. The van der Waals surface area contributed by atoms with Gasteiger partial charge in [-0.05, 0) is 105 Å². The molecule has 3 amide bonds. The Hall–Kier alpha value is -5.31. The number of aryl methyl sites for hydroxylation is 2. The predicted molar refractivity (Wildman–Crippen MR) is 206 cm³/mol. The van der Waals surface area contributed by atoms with E-state index in [4.69, 9.17) is 0 Å². The van der Waals surface area contributed by atoms with E-state index in [1.807, 2.05) is 12.1 Å². The first kappa shape index (κ1) is 38.0. The summed E-state index contributed by atoms with van der Waals surface area (Å²) in [6.45, 7) is 5.23. The fourth-order valence-electron chi connectivity index (χ4n) is 8.33. The minimum absolute atomic E-state index is 0. The van der Waals surface area contributed by atoms with Gasteiger partial charge >= 0.3 is 11.9 Å². The monoisotopic (exact) mass is 762 g/mol. The summed E-state index contributed by atoms with van der Waals surface area (Å²) in [7, 11) is 1.80. The van der Waals surface area contributed by atoms with E-state index >= 15 is 0 Å². The van der Waals surface area contributed by atoms with Gasteiger partial charge in [-0.1, -0.05) is 37.5 Å². The molecule has 3 N–H and O–H groups in total. The van der Waals surface area contributed by atoms with Crippen LogP contribution in [0.5, 0.6) is 0 Å². The van der Waals surface area contributed by atoms with Crippen LogP contribution in [0, 0.1) is 12.8 Å². The van der Waals surface area contributed by atoms with E-state index in [9.17, 15) is 32.3 Å². The number of imide groups is 1. The Labute approximate surface area is 318 Å². The quantitative estimate of drug-likeness (QED) is 0.156. The molecule has 8 rings (SSSR count). The molecule has 1 aliphatic carbocycles. The number of hydrogen-bond donors (Lipinski definition) is 3. The third-order valence-electron chi connectivity index (χ3n) is 11.2. The fourth-order valence-corrected chi connectivity index (χ4v) is 8.33. The van der Waals surface area contributed by atoms with Gasteiger partial charge < -0.3 is 10.2 Å². The summed E-state index contributed by atoms with van der Waals surface area (Å²) < 4.78 is 41.3. The molecule has 12 nitrogen and oxygen atoms in total. The first-order valence-electron chi connectivity index (χ1n) is 18.9. The molecule has 1 unspecified atom stereocenters. The number of hydrogen-bond acceptors (Lipinski definition) is 7. The molecule has 5 aromatic rings. The van der Waals surface area contributed by atoms with Crippen LogP contribution < -0.4 is 16.3 Å². The number of alkyl halides is 3. The Kier molecular flexibility index (Phi) is 10.9. The van der Waals surface area contributed by atoms with Crippen molar-refractivity contribution in [2.75, 3.05) is 25.0 Å². The van der Waals surface area contributed by atoms with Crippen molar-refractivity contribution in [3.05, 3.63) is 87.7 Å². The second-order valence-corrected chi connectivity index (χ2v) is 15.0. The van der Waals surface area contributed by atoms with Crippen LogP contribution in [0.4, 0.5) is 18.9 Å². The number of likely N-dealkylation sites (tertiary alicyclic amines) is 1. The van der Waals surface area contributed by atoms with Crippen LogP contribution >= 0.6 is 0 Å². The Morgan fingerprint density at radius 1 is 0.982 bits per heavy atom. The number of nitrogens with one attached hydrogen (secondary N) is 3. The zero-order chi connectivity index (χ0) is 38.9. The molecule has 0 spiro atoms. The first-order chi connectivity index (χ1) is 26.4. The van der Waals surface area contributed by atoms with Crippen LogP contribution in [-0.4, -0.2) is 66.6 Å². The maximum absolute atomic E-state index is 13.2. The highest BCUT2D eigenvalue weighted by molar-refractivity contribution is 6.04. The van der Waals surface area contributed by atoms with E-state index < -0.39 is 23.8 Å². The van der Waals surface area contributed by atoms with Gasteiger partial charge in [0.05, 0.1) is 22.7 Å². The van der Waals surface area contributed by atoms with E-state index in [1.54, 1.807) is 41.4 Å². The Balaban J connectivity index is 0.000000221. The largest absolute Gasteiger partial charge is 0.433 e. The molecule has 1 atom stereocenters. The number of amides is 3. The van der Waals surface area contributed by atoms with E-state index in [0.29, 0.717) is 18.0 Å². The maximum Gasteiger partial charge on any atom is 0.433 e. The number of nitrogens with zero attached hydrogens (tertiary/aromatic N) is 5. The van der Waals surface area contributed by atoms with Crippen LogP contribution in [0.15, 0.2) is 59.5 Å². The van der Waals surface area contributed by atoms with Gasteiger partial charge in [0.1, 0.15) is 17.4 Å². The molecule has 2 saturated heterocycles. The molecular weight excluding hydrogens is 713 g/mol. The molecule has 2 aliphatic heterocycles. The summed E-state index contributed by atoms with van der Waals surface area (Å²) in [5.74, 6) is -0.0591. The standard InChI is InChI=1S/C25H34N4O3.C15H11F3N4O.2H2/c1-27-23-19(18-12-14-28(15-13-18)16-17-6-3-2-4-7-17)8-5-9-20(23)29(25(27)32)21-10-11-22(30)26-24(21)31;1-8-5-12-9(7-19-22-12)6-11(8)21-14(23)10-3-2-4-13(20-10)15(16,17)18;;/h5,8-9,17-18,21H,2-4,6-7,10-16H2,1H3,(H,26,30,31);2-7H,1H3,(H,19,22)(H,21,23);2*1H. The summed E-state index contributed by atoms with van der Waals surface area (Å²) in [5, 5.41) is 12.4. The molecule has 0 radical (unpaired) electrons. The lowest BCUT2D eigenvalue weighted by Gasteiger charge is -2.35. The molecule has 3 aromatic heterocycles. The number of halogens is 3. The molecule has 55 heavy (non-hydrogen) atoms. The van der Waals surface area contributed by atoms with Crippen molar-refractivity contribution in [1.29, 1.82) is 0 Å². The number of piperidine rings is 2. The highest BCUT2D eigenvalue weighted by Crippen LogP contribution is 2.35. The fraction of sp³-hybridized carbons (Fsp3) is 0.450. The summed E-state index contributed by atoms with van der Waals surface area (Å²) in [6, 6.07) is 12.1. The molecule has 0 bridgehead atoms. The summed E-state index contributed by atoms with van der Waals surface area (Å²) >= 11 is 0. The van der Waals surface area contributed by atoms with Crippen molar-refractivity contribution in [3.63, 3.8) is 0 Å². The van der Waals surface area contributed by atoms with Crippen LogP contribution in [0.1, 0.15) is 99.9 Å². The van der Waals surface area contributed by atoms with Crippen molar-refractivity contribution in [2.24, 2.45) is 13.0 Å². The number of rotatable bonds is 6. The molecule has 2 aromatic carbocycles. The number of H-pyrrole nitrogens is 1. The van der Waals surface area contributed by atoms with Crippen molar-refractivity contribution >= 4 is 45.3 Å². The van der Waals surface area contributed by atoms with Crippen molar-refractivity contribution in [3.8, 4) is 0 Å². The topological polar surface area (TPSA) is 147 Å². The summed E-state index contributed by atoms with van der Waals surface area (Å²) in [5.41, 5.74) is 3.41. The molecule has 1 saturated carbocycles. The Bertz CT molecular complexity index is 2290. The molecule has 15 heteroatoms. The smallest absolute Gasteiger partial charge is 0.320 e. The van der Waals surface area contributed by atoms with Gasteiger partial charge in [0, 0.05) is 33.9 Å². The normalized spacial score (nSPS) is 19.0. The highest BCUT2D eigenvalue weighted by atomic mass is 19.4. The van der Waals surface area contributed by atoms with E-state index in [-0.39, 0.29) is 32.5 Å². The van der Waals surface area contributed by atoms with Gasteiger partial charge in [0.15, 0.2) is 0 Å². The lowest BCUT2D eigenvalue weighted by atomic mass is 9.86. The second-order valence-electron chi connectivity index (χ2n) is 15.0. The summed E-state index contributed by atoms with van der Waals surface area (Å²) in [4.78, 5) is 55.4. The lowest BCUT2D eigenvalue weighted by molar-refractivity contribution is -0.141. The third-order valence-corrected chi connectivity index (χ3v) is 11.2. The van der Waals surface area contributed by atoms with E-state index in [1.165, 1.54) is 50.3 Å². The van der Waals surface area contributed by atoms with Gasteiger partial charge in [0.2, 0.25) is 11.8 Å². The SMILES string of the molecule is Cc1cc2[nH]ncc2cc1NC(=O)c1cccc(C(F)(F)F)n1.Cn1c(=O)n(C2CCC(=O)NC2=O)c2cccc(C3CCN(CC4CCCCC4)CC3)c21.[HH].[HH]. The first-order valence-corrected chi connectivity index (χ1v) is 18.9. The number of imidazole rings is 1. The van der Waals surface area contributed by atoms with Gasteiger partial charge in [-0.3, -0.25) is 33.9 Å². The van der Waals surface area contributed by atoms with Crippen molar-refractivity contribution < 1.29 is 30.4 Å². The zero-order valence-electron chi connectivity index (χ0n) is 30.9. The predicted octanol–water partition coefficient (Wildman–Crippen LogP) is 7.11. The van der Waals surface area contributed by atoms with Gasteiger partial charge in [0.25, 0.3) is 5.91 Å². The van der Waals surface area contributed by atoms with Gasteiger partial charge in [-0.2, -0.15) is 18.3 Å². The number of carbonyl (C=O) groups is 3. The minimum Gasteiger partial charge on any atom is -0.320 e. The number of benzene rings is 2. The second kappa shape index (κ2) is 15.8. The zero-order valence-corrected chi connectivity index (χ0v) is 30.9. The average Bonchev–Trinajstić information content (AvgIpc) is 3.73. The molecule has 5 heterocycles. The van der Waals surface area contributed by atoms with E-state index in [0.717, 1.165) is 71.5 Å². The molecule has 3 fully saturated rings. The minimum atomic E-state index is -4.60. The highest BCUT2D eigenvalue weighted by Gasteiger charge is 2.34. The van der Waals surface area contributed by atoms with Crippen molar-refractivity contribution in [1.82, 2.24) is 34.5 Å². The van der Waals surface area contributed by atoms with Crippen LogP contribution in [0.25, 0.3) is 21.9 Å². The Morgan fingerprint density at radius 2 is 1.73 bits per heavy atom. The number of pyridine rings is 1. The average molecular weight is 763 g/mol. The van der Waals surface area contributed by atoms with Crippen LogP contribution in [-0.2, 0) is 22.8 Å². The number of aromatic amines is 1. The lowest BCUT2D eigenvalue weighted by Crippen LogP contribution is -2.44. The number of para-hydroxylation sites is 1. The molecule has 294 valence electrons. The van der Waals surface area contributed by atoms with Crippen LogP contribution in [0.3, 0.4) is 0 Å². The third kappa shape index (κ3) is 8.21. The van der Waals surface area contributed by atoms with Crippen molar-refractivity contribution in [2.45, 2.75) is 82.8 Å². The maximum atomic E-state index is 13.2. The number of fused-ring (bicyclic) bond motifs is 2. The van der Waals surface area contributed by atoms with Gasteiger partial charge in [-0.15, -0.1) is 0 Å². The summed E-state index contributed by atoms with van der Waals surface area (Å²) in [6.07, 6.45) is 6.78. The molecule has 3 aliphatic rings. The van der Waals surface area contributed by atoms with E-state index in [2.05, 4.69) is 36.8 Å². The number of aromatic nitrogens is 5. The van der Waals surface area contributed by atoms with Gasteiger partial charge in [-0.25, -0.2) is 9.78 Å².